The molecule has 4 nitrogen and oxygen atoms in total. The Labute approximate surface area is 124 Å². The first kappa shape index (κ1) is 12.7. The van der Waals surface area contributed by atoms with Crippen molar-refractivity contribution in [1.82, 2.24) is 4.98 Å². The standard InChI is InChI=1S/C15H11BrN2O2/c16-11-5-1-3-9(7-11)12-13(19)14(20-15(12)17)10-4-2-6-18-8-10/h1-8,19H,17H2. The van der Waals surface area contributed by atoms with Gasteiger partial charge in [0.05, 0.1) is 5.56 Å². The van der Waals surface area contributed by atoms with E-state index in [0.29, 0.717) is 16.9 Å². The topological polar surface area (TPSA) is 72.3 Å². The second-order valence-corrected chi connectivity index (χ2v) is 5.19. The Balaban J connectivity index is 2.17. The first-order valence-electron chi connectivity index (χ1n) is 5.94. The molecule has 20 heavy (non-hydrogen) atoms. The number of halogens is 1. The fraction of sp³-hybridized carbons (Fsp3) is 0. The zero-order valence-electron chi connectivity index (χ0n) is 10.4. The van der Waals surface area contributed by atoms with Gasteiger partial charge in [-0.15, -0.1) is 0 Å². The third-order valence-electron chi connectivity index (χ3n) is 2.95. The summed E-state index contributed by atoms with van der Waals surface area (Å²) in [6.45, 7) is 0. The number of rotatable bonds is 2. The number of furan rings is 1. The number of pyridine rings is 1. The van der Waals surface area contributed by atoms with Crippen molar-refractivity contribution >= 4 is 21.8 Å². The quantitative estimate of drug-likeness (QED) is 0.743. The normalized spacial score (nSPS) is 10.7. The van der Waals surface area contributed by atoms with Crippen molar-refractivity contribution in [2.45, 2.75) is 0 Å². The molecule has 2 aromatic heterocycles. The summed E-state index contributed by atoms with van der Waals surface area (Å²) in [4.78, 5) is 4.01. The van der Waals surface area contributed by atoms with Crippen molar-refractivity contribution in [2.75, 3.05) is 5.73 Å². The van der Waals surface area contributed by atoms with Crippen LogP contribution < -0.4 is 5.73 Å². The maximum atomic E-state index is 10.4. The molecule has 0 spiro atoms. The lowest BCUT2D eigenvalue weighted by atomic mass is 10.1. The Bertz CT molecular complexity index is 754. The van der Waals surface area contributed by atoms with Crippen LogP contribution in [-0.2, 0) is 0 Å². The van der Waals surface area contributed by atoms with Crippen LogP contribution >= 0.6 is 15.9 Å². The van der Waals surface area contributed by atoms with Gasteiger partial charge >= 0.3 is 0 Å². The predicted octanol–water partition coefficient (Wildman–Crippen LogP) is 4.06. The van der Waals surface area contributed by atoms with Crippen LogP contribution in [0.2, 0.25) is 0 Å². The van der Waals surface area contributed by atoms with Crippen LogP contribution in [0.1, 0.15) is 0 Å². The van der Waals surface area contributed by atoms with E-state index < -0.39 is 0 Å². The minimum atomic E-state index is 0.0219. The van der Waals surface area contributed by atoms with Gasteiger partial charge in [-0.3, -0.25) is 4.98 Å². The van der Waals surface area contributed by atoms with E-state index in [9.17, 15) is 5.11 Å². The lowest BCUT2D eigenvalue weighted by Crippen LogP contribution is -1.84. The Morgan fingerprint density at radius 2 is 1.95 bits per heavy atom. The van der Waals surface area contributed by atoms with Crippen LogP contribution in [0.5, 0.6) is 5.75 Å². The van der Waals surface area contributed by atoms with Crippen molar-refractivity contribution in [3.8, 4) is 28.2 Å². The van der Waals surface area contributed by atoms with Gasteiger partial charge in [0.1, 0.15) is 0 Å². The van der Waals surface area contributed by atoms with Gasteiger partial charge in [0, 0.05) is 22.4 Å². The van der Waals surface area contributed by atoms with E-state index in [1.54, 1.807) is 24.5 Å². The molecule has 3 N–H and O–H groups in total. The summed E-state index contributed by atoms with van der Waals surface area (Å²) < 4.78 is 6.40. The van der Waals surface area contributed by atoms with Gasteiger partial charge in [0.25, 0.3) is 0 Å². The van der Waals surface area contributed by atoms with Gasteiger partial charge in [-0.25, -0.2) is 0 Å². The minimum Gasteiger partial charge on any atom is -0.504 e. The van der Waals surface area contributed by atoms with Crippen LogP contribution in [0.4, 0.5) is 5.88 Å². The molecular weight excluding hydrogens is 320 g/mol. The van der Waals surface area contributed by atoms with Crippen molar-refractivity contribution in [2.24, 2.45) is 0 Å². The molecule has 0 amide bonds. The molecule has 0 atom stereocenters. The summed E-state index contributed by atoms with van der Waals surface area (Å²) in [5.74, 6) is 0.527. The van der Waals surface area contributed by atoms with Crippen molar-refractivity contribution in [1.29, 1.82) is 0 Å². The minimum absolute atomic E-state index is 0.0219. The lowest BCUT2D eigenvalue weighted by Gasteiger charge is -2.01. The molecule has 0 unspecified atom stereocenters. The number of benzene rings is 1. The van der Waals surface area contributed by atoms with E-state index in [1.165, 1.54) is 0 Å². The van der Waals surface area contributed by atoms with Crippen LogP contribution in [0.25, 0.3) is 22.5 Å². The Kier molecular flexibility index (Phi) is 3.20. The largest absolute Gasteiger partial charge is 0.504 e. The molecule has 3 rings (SSSR count). The average Bonchev–Trinajstić information content (AvgIpc) is 2.75. The number of nitrogens with two attached hydrogens (primary N) is 1. The molecule has 0 aliphatic carbocycles. The third-order valence-corrected chi connectivity index (χ3v) is 3.44. The summed E-state index contributed by atoms with van der Waals surface area (Å²) in [5.41, 5.74) is 7.85. The maximum absolute atomic E-state index is 10.4. The summed E-state index contributed by atoms with van der Waals surface area (Å²) in [7, 11) is 0. The number of hydrogen-bond acceptors (Lipinski definition) is 4. The molecule has 100 valence electrons. The molecule has 3 aromatic rings. The predicted molar refractivity (Wildman–Crippen MR) is 81.2 cm³/mol. The zero-order chi connectivity index (χ0) is 14.1. The maximum Gasteiger partial charge on any atom is 0.202 e. The molecule has 0 bridgehead atoms. The Hall–Kier alpha value is -2.27. The first-order chi connectivity index (χ1) is 9.66. The van der Waals surface area contributed by atoms with Gasteiger partial charge in [-0.05, 0) is 29.8 Å². The Morgan fingerprint density at radius 1 is 1.15 bits per heavy atom. The molecule has 0 fully saturated rings. The third kappa shape index (κ3) is 2.16. The number of aromatic nitrogens is 1. The van der Waals surface area contributed by atoms with Crippen molar-refractivity contribution < 1.29 is 9.52 Å². The fourth-order valence-electron chi connectivity index (χ4n) is 2.06. The molecule has 0 radical (unpaired) electrons. The highest BCUT2D eigenvalue weighted by Crippen LogP contribution is 2.44. The van der Waals surface area contributed by atoms with Crippen LogP contribution in [0.3, 0.4) is 0 Å². The highest BCUT2D eigenvalue weighted by atomic mass is 79.9. The van der Waals surface area contributed by atoms with Gasteiger partial charge < -0.3 is 15.3 Å². The number of nitrogens with zero attached hydrogens (tertiary/aromatic N) is 1. The molecule has 2 heterocycles. The van der Waals surface area contributed by atoms with E-state index in [2.05, 4.69) is 20.9 Å². The van der Waals surface area contributed by atoms with E-state index >= 15 is 0 Å². The van der Waals surface area contributed by atoms with Crippen molar-refractivity contribution in [3.63, 3.8) is 0 Å². The first-order valence-corrected chi connectivity index (χ1v) is 6.73. The molecule has 0 saturated heterocycles. The van der Waals surface area contributed by atoms with Gasteiger partial charge in [0.15, 0.2) is 11.5 Å². The van der Waals surface area contributed by atoms with Gasteiger partial charge in [-0.2, -0.15) is 0 Å². The lowest BCUT2D eigenvalue weighted by molar-refractivity contribution is 0.467. The molecule has 1 aromatic carbocycles. The summed E-state index contributed by atoms with van der Waals surface area (Å²) >= 11 is 3.40. The monoisotopic (exact) mass is 330 g/mol. The van der Waals surface area contributed by atoms with Gasteiger partial charge in [0.2, 0.25) is 5.88 Å². The van der Waals surface area contributed by atoms with Crippen LogP contribution in [-0.4, -0.2) is 10.1 Å². The Morgan fingerprint density at radius 3 is 2.65 bits per heavy atom. The summed E-state index contributed by atoms with van der Waals surface area (Å²) in [5, 5.41) is 10.4. The SMILES string of the molecule is Nc1oc(-c2cccnc2)c(O)c1-c1cccc(Br)c1. The molecular formula is C15H11BrN2O2. The second-order valence-electron chi connectivity index (χ2n) is 4.27. The van der Waals surface area contributed by atoms with Gasteiger partial charge in [-0.1, -0.05) is 28.1 Å². The number of anilines is 1. The average molecular weight is 331 g/mol. The molecule has 0 aliphatic heterocycles. The molecule has 0 aliphatic rings. The zero-order valence-corrected chi connectivity index (χ0v) is 12.0. The van der Waals surface area contributed by atoms with E-state index in [1.807, 2.05) is 24.3 Å². The number of nitrogen functional groups attached to an aromatic ring is 1. The molecule has 0 saturated carbocycles. The highest BCUT2D eigenvalue weighted by molar-refractivity contribution is 9.10. The van der Waals surface area contributed by atoms with E-state index in [4.69, 9.17) is 10.2 Å². The summed E-state index contributed by atoms with van der Waals surface area (Å²) in [6, 6.07) is 11.1. The van der Waals surface area contributed by atoms with Crippen LogP contribution in [0.15, 0.2) is 57.7 Å². The highest BCUT2D eigenvalue weighted by Gasteiger charge is 2.20. The van der Waals surface area contributed by atoms with E-state index in [0.717, 1.165) is 10.0 Å². The van der Waals surface area contributed by atoms with Crippen molar-refractivity contribution in [3.05, 3.63) is 53.3 Å². The number of aromatic hydroxyl groups is 1. The molecule has 5 heteroatoms. The van der Waals surface area contributed by atoms with Crippen LogP contribution in [0, 0.1) is 0 Å². The van der Waals surface area contributed by atoms with E-state index in [-0.39, 0.29) is 11.6 Å². The number of hydrogen-bond donors (Lipinski definition) is 2. The summed E-state index contributed by atoms with van der Waals surface area (Å²) in [6.07, 6.45) is 3.27. The second kappa shape index (κ2) is 5.02. The smallest absolute Gasteiger partial charge is 0.202 e. The fourth-order valence-corrected chi connectivity index (χ4v) is 2.45.